The first-order valence-corrected chi connectivity index (χ1v) is 10.2. The molecule has 0 aliphatic heterocycles. The maximum atomic E-state index is 11.9. The molecule has 1 atom stereocenters. The predicted molar refractivity (Wildman–Crippen MR) is 98.6 cm³/mol. The number of Topliss-reactive ketones (excluding diaryl/α,β-unsaturated/α-hetero) is 1. The Kier molecular flexibility index (Phi) is 13.3. The Morgan fingerprint density at radius 1 is 0.652 bits per heavy atom. The standard InChI is InChI=1S/C21H38O2/c22-20-18-16-14-12-10-8-6-4-2-1-3-5-7-9-11-13-15-17-19-21(20)23/h1-2,20,22H,3-19H2/b2-1-. The summed E-state index contributed by atoms with van der Waals surface area (Å²) in [6, 6.07) is 0. The minimum Gasteiger partial charge on any atom is -0.385 e. The molecule has 2 nitrogen and oxygen atoms in total. The lowest BCUT2D eigenvalue weighted by molar-refractivity contribution is -0.127. The minimum atomic E-state index is -0.700. The smallest absolute Gasteiger partial charge is 0.161 e. The molecule has 0 saturated carbocycles. The van der Waals surface area contributed by atoms with E-state index in [1.54, 1.807) is 0 Å². The van der Waals surface area contributed by atoms with Gasteiger partial charge in [-0.15, -0.1) is 0 Å². The Morgan fingerprint density at radius 3 is 1.65 bits per heavy atom. The SMILES string of the molecule is O=C1CCCCCCCCC/C=C\CCCCCCCCC1O. The van der Waals surface area contributed by atoms with Gasteiger partial charge in [-0.2, -0.15) is 0 Å². The fourth-order valence-electron chi connectivity index (χ4n) is 3.32. The molecule has 1 aliphatic rings. The van der Waals surface area contributed by atoms with Crippen LogP contribution < -0.4 is 0 Å². The Morgan fingerprint density at radius 2 is 1.09 bits per heavy atom. The highest BCUT2D eigenvalue weighted by Crippen LogP contribution is 2.14. The Labute approximate surface area is 143 Å². The molecule has 0 fully saturated rings. The first-order chi connectivity index (χ1) is 11.3. The van der Waals surface area contributed by atoms with Crippen molar-refractivity contribution in [3.8, 4) is 0 Å². The molecule has 0 aromatic rings. The largest absolute Gasteiger partial charge is 0.385 e. The molecule has 23 heavy (non-hydrogen) atoms. The summed E-state index contributed by atoms with van der Waals surface area (Å²) in [5.74, 6) is 0.0713. The number of rotatable bonds is 0. The number of aliphatic hydroxyl groups is 1. The average Bonchev–Trinajstić information content (AvgIpc) is 2.55. The number of allylic oxidation sites excluding steroid dienone is 2. The van der Waals surface area contributed by atoms with Crippen LogP contribution in [-0.4, -0.2) is 17.0 Å². The second-order valence-corrected chi connectivity index (χ2v) is 7.17. The van der Waals surface area contributed by atoms with Gasteiger partial charge in [-0.05, 0) is 38.5 Å². The predicted octanol–water partition coefficient (Wildman–Crippen LogP) is 6.12. The molecule has 0 radical (unpaired) electrons. The summed E-state index contributed by atoms with van der Waals surface area (Å²) in [6.07, 6.45) is 23.6. The van der Waals surface area contributed by atoms with Crippen molar-refractivity contribution in [2.45, 2.75) is 115 Å². The Hall–Kier alpha value is -0.630. The second kappa shape index (κ2) is 14.9. The van der Waals surface area contributed by atoms with E-state index in [9.17, 15) is 9.90 Å². The number of hydrogen-bond acceptors (Lipinski definition) is 2. The highest BCUT2D eigenvalue weighted by molar-refractivity contribution is 5.82. The fraction of sp³-hybridized carbons (Fsp3) is 0.857. The first kappa shape index (κ1) is 20.4. The fourth-order valence-corrected chi connectivity index (χ4v) is 3.32. The summed E-state index contributed by atoms with van der Waals surface area (Å²) in [6.45, 7) is 0. The topological polar surface area (TPSA) is 37.3 Å². The summed E-state index contributed by atoms with van der Waals surface area (Å²) in [4.78, 5) is 11.9. The van der Waals surface area contributed by atoms with Crippen LogP contribution in [0.4, 0.5) is 0 Å². The monoisotopic (exact) mass is 322 g/mol. The van der Waals surface area contributed by atoms with Gasteiger partial charge < -0.3 is 5.11 Å². The highest BCUT2D eigenvalue weighted by atomic mass is 16.3. The van der Waals surface area contributed by atoms with Crippen molar-refractivity contribution < 1.29 is 9.90 Å². The number of carbonyl (C=O) groups excluding carboxylic acids is 1. The van der Waals surface area contributed by atoms with Crippen molar-refractivity contribution in [1.29, 1.82) is 0 Å². The third kappa shape index (κ3) is 12.5. The summed E-state index contributed by atoms with van der Waals surface area (Å²) in [5.41, 5.74) is 0. The molecule has 0 amide bonds. The number of carbonyl (C=O) groups is 1. The summed E-state index contributed by atoms with van der Waals surface area (Å²) >= 11 is 0. The third-order valence-electron chi connectivity index (χ3n) is 4.93. The lowest BCUT2D eigenvalue weighted by Crippen LogP contribution is -2.19. The molecular formula is C21H38O2. The zero-order chi connectivity index (χ0) is 16.6. The van der Waals surface area contributed by atoms with Gasteiger partial charge in [0, 0.05) is 6.42 Å². The van der Waals surface area contributed by atoms with Gasteiger partial charge in [0.2, 0.25) is 0 Å². The van der Waals surface area contributed by atoms with Crippen LogP contribution in [0.1, 0.15) is 109 Å². The third-order valence-corrected chi connectivity index (χ3v) is 4.93. The van der Waals surface area contributed by atoms with Crippen molar-refractivity contribution in [1.82, 2.24) is 0 Å². The van der Waals surface area contributed by atoms with E-state index in [1.165, 1.54) is 70.6 Å². The highest BCUT2D eigenvalue weighted by Gasteiger charge is 2.13. The van der Waals surface area contributed by atoms with Gasteiger partial charge in [0.05, 0.1) is 0 Å². The molecule has 0 aromatic heterocycles. The van der Waals surface area contributed by atoms with E-state index in [1.807, 2.05) is 0 Å². The van der Waals surface area contributed by atoms with Crippen LogP contribution in [0, 0.1) is 0 Å². The second-order valence-electron chi connectivity index (χ2n) is 7.17. The molecule has 1 aliphatic carbocycles. The number of ketones is 1. The normalized spacial score (nSPS) is 27.0. The van der Waals surface area contributed by atoms with E-state index in [0.29, 0.717) is 12.8 Å². The van der Waals surface area contributed by atoms with Crippen LogP contribution in [0.5, 0.6) is 0 Å². The maximum Gasteiger partial charge on any atom is 0.161 e. The molecule has 0 heterocycles. The van der Waals surface area contributed by atoms with E-state index in [0.717, 1.165) is 25.7 Å². The van der Waals surface area contributed by atoms with Crippen molar-refractivity contribution in [2.75, 3.05) is 0 Å². The molecule has 0 spiro atoms. The number of aliphatic hydroxyl groups excluding tert-OH is 1. The van der Waals surface area contributed by atoms with Crippen LogP contribution in [-0.2, 0) is 4.79 Å². The van der Waals surface area contributed by atoms with Crippen LogP contribution >= 0.6 is 0 Å². The summed E-state index contributed by atoms with van der Waals surface area (Å²) in [7, 11) is 0. The summed E-state index contributed by atoms with van der Waals surface area (Å²) in [5, 5.41) is 9.91. The minimum absolute atomic E-state index is 0.0713. The molecule has 0 saturated heterocycles. The Bertz CT molecular complexity index is 309. The lowest BCUT2D eigenvalue weighted by Gasteiger charge is -2.09. The van der Waals surface area contributed by atoms with Crippen LogP contribution in [0.25, 0.3) is 0 Å². The van der Waals surface area contributed by atoms with E-state index in [-0.39, 0.29) is 5.78 Å². The molecule has 1 rings (SSSR count). The average molecular weight is 323 g/mol. The first-order valence-electron chi connectivity index (χ1n) is 10.2. The van der Waals surface area contributed by atoms with Crippen molar-refractivity contribution in [3.05, 3.63) is 12.2 Å². The zero-order valence-corrected chi connectivity index (χ0v) is 15.1. The molecule has 1 unspecified atom stereocenters. The van der Waals surface area contributed by atoms with Crippen molar-refractivity contribution in [3.63, 3.8) is 0 Å². The molecule has 0 bridgehead atoms. The van der Waals surface area contributed by atoms with Gasteiger partial charge in [-0.25, -0.2) is 0 Å². The number of hydrogen-bond donors (Lipinski definition) is 1. The molecule has 0 aromatic carbocycles. The molecule has 134 valence electrons. The molecular weight excluding hydrogens is 284 g/mol. The molecule has 2 heteroatoms. The maximum absolute atomic E-state index is 11.9. The Balaban J connectivity index is 2.22. The van der Waals surface area contributed by atoms with Crippen LogP contribution in [0.3, 0.4) is 0 Å². The van der Waals surface area contributed by atoms with E-state index >= 15 is 0 Å². The van der Waals surface area contributed by atoms with E-state index in [4.69, 9.17) is 0 Å². The van der Waals surface area contributed by atoms with E-state index < -0.39 is 6.10 Å². The van der Waals surface area contributed by atoms with Gasteiger partial charge in [0.15, 0.2) is 5.78 Å². The van der Waals surface area contributed by atoms with Crippen molar-refractivity contribution in [2.24, 2.45) is 0 Å². The lowest BCUT2D eigenvalue weighted by atomic mass is 10.0. The van der Waals surface area contributed by atoms with E-state index in [2.05, 4.69) is 12.2 Å². The summed E-state index contributed by atoms with van der Waals surface area (Å²) < 4.78 is 0. The molecule has 1 N–H and O–H groups in total. The van der Waals surface area contributed by atoms with Gasteiger partial charge in [-0.3, -0.25) is 4.79 Å². The van der Waals surface area contributed by atoms with Crippen molar-refractivity contribution >= 4 is 5.78 Å². The van der Waals surface area contributed by atoms with Gasteiger partial charge in [0.25, 0.3) is 0 Å². The van der Waals surface area contributed by atoms with Gasteiger partial charge in [0.1, 0.15) is 6.10 Å². The van der Waals surface area contributed by atoms with Gasteiger partial charge >= 0.3 is 0 Å². The van der Waals surface area contributed by atoms with Gasteiger partial charge in [-0.1, -0.05) is 76.4 Å². The zero-order valence-electron chi connectivity index (χ0n) is 15.1. The quantitative estimate of drug-likeness (QED) is 0.546. The van der Waals surface area contributed by atoms with Crippen LogP contribution in [0.15, 0.2) is 12.2 Å². The van der Waals surface area contributed by atoms with Crippen LogP contribution in [0.2, 0.25) is 0 Å².